The van der Waals surface area contributed by atoms with Gasteiger partial charge in [-0.3, -0.25) is 0 Å². The summed E-state index contributed by atoms with van der Waals surface area (Å²) in [5.74, 6) is 0. The second-order valence-corrected chi connectivity index (χ2v) is 9.37. The highest BCUT2D eigenvalue weighted by Crippen LogP contribution is 2.61. The van der Waals surface area contributed by atoms with Crippen molar-refractivity contribution in [2.45, 2.75) is 0 Å². The van der Waals surface area contributed by atoms with Crippen LogP contribution in [0.3, 0.4) is 0 Å². The second kappa shape index (κ2) is 11.0. The zero-order valence-electron chi connectivity index (χ0n) is 15.4. The maximum absolute atomic E-state index is 10.2. The molecule has 3 aromatic rings. The first-order valence-electron chi connectivity index (χ1n) is 8.85. The second-order valence-electron chi connectivity index (χ2n) is 6.00. The normalized spacial score (nSPS) is 11.2. The Morgan fingerprint density at radius 2 is 1.21 bits per heavy atom. The van der Waals surface area contributed by atoms with Crippen molar-refractivity contribution in [2.24, 2.45) is 0 Å². The number of benzene rings is 3. The summed E-state index contributed by atoms with van der Waals surface area (Å²) in [5.41, 5.74) is 0. The highest BCUT2D eigenvalue weighted by atomic mass is 127. The van der Waals surface area contributed by atoms with Gasteiger partial charge < -0.3 is 34.4 Å². The van der Waals surface area contributed by atoms with Crippen molar-refractivity contribution in [3.8, 4) is 6.07 Å². The molecule has 0 aliphatic carbocycles. The van der Waals surface area contributed by atoms with E-state index in [1.165, 1.54) is 0 Å². The largest absolute Gasteiger partial charge is 1.00 e. The van der Waals surface area contributed by atoms with Crippen LogP contribution in [0.5, 0.6) is 0 Å². The van der Waals surface area contributed by atoms with Crippen LogP contribution in [0.2, 0.25) is 0 Å². The van der Waals surface area contributed by atoms with E-state index in [-0.39, 0.29) is 30.6 Å². The zero-order valence-corrected chi connectivity index (χ0v) is 18.4. The Morgan fingerprint density at radius 3 is 1.54 bits per heavy atom. The number of nitrogens with one attached hydrogen (secondary N) is 1. The molecule has 0 atom stereocenters. The van der Waals surface area contributed by atoms with Gasteiger partial charge in [0.25, 0.3) is 0 Å². The predicted molar refractivity (Wildman–Crippen MR) is 114 cm³/mol. The first-order chi connectivity index (χ1) is 13.3. The Labute approximate surface area is 184 Å². The quantitative estimate of drug-likeness (QED) is 0.207. The van der Waals surface area contributed by atoms with Crippen LogP contribution in [0.25, 0.3) is 0 Å². The van der Waals surface area contributed by atoms with Gasteiger partial charge in [-0.25, -0.2) is 0 Å². The van der Waals surface area contributed by atoms with Gasteiger partial charge in [0, 0.05) is 6.54 Å². The van der Waals surface area contributed by atoms with Crippen LogP contribution in [0, 0.1) is 11.3 Å². The van der Waals surface area contributed by atoms with Gasteiger partial charge >= 0.3 is 0 Å². The Bertz CT molecular complexity index is 828. The molecule has 142 valence electrons. The van der Waals surface area contributed by atoms with Crippen LogP contribution in [0.15, 0.2) is 103 Å². The van der Waals surface area contributed by atoms with Gasteiger partial charge in [0.15, 0.2) is 7.26 Å². The van der Waals surface area contributed by atoms with Crippen molar-refractivity contribution in [3.63, 3.8) is 0 Å². The molecule has 0 bridgehead atoms. The highest BCUT2D eigenvalue weighted by molar-refractivity contribution is 7.99. The monoisotopic (exact) mass is 500 g/mol. The number of nitrogens with zero attached hydrogens (tertiary/aromatic N) is 1. The van der Waals surface area contributed by atoms with Gasteiger partial charge in [-0.05, 0) is 36.4 Å². The fourth-order valence-corrected chi connectivity index (χ4v) is 7.28. The summed E-state index contributed by atoms with van der Waals surface area (Å²) >= 11 is 0. The third-order valence-electron chi connectivity index (χ3n) is 4.40. The molecular formula is C23H22IN2OP. The summed E-state index contributed by atoms with van der Waals surface area (Å²) in [6.45, 7) is 0.423. The number of allylic oxidation sites excluding steroid dienone is 1. The van der Waals surface area contributed by atoms with E-state index in [1.807, 2.05) is 54.6 Å². The number of aliphatic hydroxyl groups excluding tert-OH is 1. The molecule has 3 nitrogen and oxygen atoms in total. The van der Waals surface area contributed by atoms with Gasteiger partial charge in [0.2, 0.25) is 5.31 Å². The molecule has 0 aliphatic rings. The van der Waals surface area contributed by atoms with Crippen LogP contribution < -0.4 is 45.2 Å². The Balaban J connectivity index is 0.00000280. The highest BCUT2D eigenvalue weighted by Gasteiger charge is 2.50. The summed E-state index contributed by atoms with van der Waals surface area (Å²) in [6, 6.07) is 33.2. The van der Waals surface area contributed by atoms with Crippen molar-refractivity contribution in [2.75, 3.05) is 13.2 Å². The minimum Gasteiger partial charge on any atom is -1.00 e. The zero-order chi connectivity index (χ0) is 19.0. The molecule has 0 unspecified atom stereocenters. The number of aliphatic hydroxyl groups is 1. The summed E-state index contributed by atoms with van der Waals surface area (Å²) in [6.07, 6.45) is 1.77. The smallest absolute Gasteiger partial charge is 0.201 e. The Morgan fingerprint density at radius 1 is 0.821 bits per heavy atom. The number of hydrogen-bond acceptors (Lipinski definition) is 3. The fraction of sp³-hybridized carbons (Fsp3) is 0.0870. The summed E-state index contributed by atoms with van der Waals surface area (Å²) in [4.78, 5) is 0. The molecule has 0 amide bonds. The third kappa shape index (κ3) is 4.44. The maximum Gasteiger partial charge on any atom is 0.201 e. The van der Waals surface area contributed by atoms with Crippen molar-refractivity contribution in [3.05, 3.63) is 103 Å². The van der Waals surface area contributed by atoms with Crippen LogP contribution in [-0.2, 0) is 0 Å². The van der Waals surface area contributed by atoms with Crippen molar-refractivity contribution >= 4 is 23.2 Å². The molecule has 0 saturated carbocycles. The van der Waals surface area contributed by atoms with Crippen LogP contribution >= 0.6 is 7.26 Å². The molecule has 0 heterocycles. The molecule has 2 N–H and O–H groups in total. The lowest BCUT2D eigenvalue weighted by atomic mass is 10.4. The van der Waals surface area contributed by atoms with E-state index in [9.17, 15) is 5.26 Å². The SMILES string of the molecule is N#C/C(=C\NCCO)[P+](c1ccccc1)(c1ccccc1)c1ccccc1.[I-]. The lowest BCUT2D eigenvalue weighted by Crippen LogP contribution is -3.00. The molecule has 3 rings (SSSR count). The predicted octanol–water partition coefficient (Wildman–Crippen LogP) is -0.0686. The number of halogens is 1. The average Bonchev–Trinajstić information content (AvgIpc) is 2.75. The van der Waals surface area contributed by atoms with E-state index < -0.39 is 7.26 Å². The molecular weight excluding hydrogens is 478 g/mol. The minimum atomic E-state index is -2.35. The van der Waals surface area contributed by atoms with Gasteiger partial charge in [0.1, 0.15) is 22.0 Å². The third-order valence-corrected chi connectivity index (χ3v) is 8.57. The van der Waals surface area contributed by atoms with E-state index in [2.05, 4.69) is 47.8 Å². The van der Waals surface area contributed by atoms with E-state index in [1.54, 1.807) is 6.20 Å². The van der Waals surface area contributed by atoms with Crippen molar-refractivity contribution < 1.29 is 29.1 Å². The number of hydrogen-bond donors (Lipinski definition) is 2. The Hall–Kier alpha value is -2.19. The molecule has 28 heavy (non-hydrogen) atoms. The number of nitriles is 1. The average molecular weight is 500 g/mol. The van der Waals surface area contributed by atoms with Gasteiger partial charge in [-0.1, -0.05) is 54.6 Å². The molecule has 0 aliphatic heterocycles. The maximum atomic E-state index is 10.2. The Kier molecular flexibility index (Phi) is 8.66. The lowest BCUT2D eigenvalue weighted by Gasteiger charge is -2.26. The van der Waals surface area contributed by atoms with E-state index in [4.69, 9.17) is 5.11 Å². The number of rotatable bonds is 7. The molecule has 0 radical (unpaired) electrons. The molecule has 5 heteroatoms. The van der Waals surface area contributed by atoms with E-state index in [0.717, 1.165) is 15.9 Å². The summed E-state index contributed by atoms with van der Waals surface area (Å²) in [5, 5.41) is 26.4. The molecule has 0 saturated heterocycles. The van der Waals surface area contributed by atoms with Crippen molar-refractivity contribution in [1.29, 1.82) is 5.26 Å². The lowest BCUT2D eigenvalue weighted by molar-refractivity contribution is -0.00000652. The molecule has 0 fully saturated rings. The minimum absolute atomic E-state index is 0. The molecule has 3 aromatic carbocycles. The van der Waals surface area contributed by atoms with Crippen LogP contribution in [0.4, 0.5) is 0 Å². The van der Waals surface area contributed by atoms with Gasteiger partial charge in [0.05, 0.1) is 12.8 Å². The molecule has 0 spiro atoms. The van der Waals surface area contributed by atoms with Crippen LogP contribution in [-0.4, -0.2) is 18.3 Å². The molecule has 0 aromatic heterocycles. The topological polar surface area (TPSA) is 56.0 Å². The van der Waals surface area contributed by atoms with Crippen molar-refractivity contribution in [1.82, 2.24) is 5.32 Å². The standard InChI is InChI=1S/C23H22N2OP.HI/c24-18-23(19-25-16-17-26)27(20-10-4-1-5-11-20,21-12-6-2-7-13-21)22-14-8-3-9-15-22;/h1-15,19,25-26H,16-17H2;1H/q+1;/p-1/b23-19+;. The van der Waals surface area contributed by atoms with Gasteiger partial charge in [-0.15, -0.1) is 0 Å². The summed E-state index contributed by atoms with van der Waals surface area (Å²) < 4.78 is 0. The fourth-order valence-electron chi connectivity index (χ4n) is 3.26. The first-order valence-corrected chi connectivity index (χ1v) is 10.6. The first kappa shape index (κ1) is 22.1. The van der Waals surface area contributed by atoms with Crippen LogP contribution in [0.1, 0.15) is 0 Å². The van der Waals surface area contributed by atoms with Gasteiger partial charge in [-0.2, -0.15) is 5.26 Å². The van der Waals surface area contributed by atoms with E-state index >= 15 is 0 Å². The van der Waals surface area contributed by atoms with E-state index in [0.29, 0.717) is 11.9 Å². The summed E-state index contributed by atoms with van der Waals surface area (Å²) in [7, 11) is -2.35.